The summed E-state index contributed by atoms with van der Waals surface area (Å²) < 4.78 is 15.8. The highest BCUT2D eigenvalue weighted by Crippen LogP contribution is 2.14. The number of nitrogens with one attached hydrogen (secondary N) is 2. The minimum absolute atomic E-state index is 0.0163. The smallest absolute Gasteiger partial charge is 0.407 e. The molecule has 2 aromatic rings. The predicted molar refractivity (Wildman–Crippen MR) is 143 cm³/mol. The van der Waals surface area contributed by atoms with Gasteiger partial charge in [-0.1, -0.05) is 82.5 Å². The fourth-order valence-corrected chi connectivity index (χ4v) is 3.72. The number of aliphatic hydroxyl groups excluding tert-OH is 1. The van der Waals surface area contributed by atoms with E-state index in [1.807, 2.05) is 37.3 Å². The molecule has 9 heteroatoms. The third-order valence-electron chi connectivity index (χ3n) is 6.04. The maximum atomic E-state index is 13.0. The molecule has 0 aliphatic carbocycles. The van der Waals surface area contributed by atoms with E-state index in [0.717, 1.165) is 24.0 Å². The van der Waals surface area contributed by atoms with Gasteiger partial charge in [-0.15, -0.1) is 0 Å². The minimum Gasteiger partial charge on any atom is -0.497 e. The number of hydrogen-bond donors (Lipinski definition) is 3. The van der Waals surface area contributed by atoms with E-state index in [0.29, 0.717) is 18.6 Å². The van der Waals surface area contributed by atoms with Crippen LogP contribution in [-0.4, -0.2) is 48.4 Å². The maximum absolute atomic E-state index is 13.0. The normalized spacial score (nSPS) is 13.2. The Balaban J connectivity index is 1.98. The van der Waals surface area contributed by atoms with E-state index in [1.54, 1.807) is 45.2 Å². The molecule has 0 heterocycles. The number of unbranched alkanes of at least 4 members (excludes halogenated alkanes) is 2. The zero-order valence-corrected chi connectivity index (χ0v) is 22.6. The highest BCUT2D eigenvalue weighted by molar-refractivity contribution is 5.87. The Morgan fingerprint density at radius 2 is 1.50 bits per heavy atom. The first-order valence-electron chi connectivity index (χ1n) is 13.0. The molecule has 0 radical (unpaired) electrons. The van der Waals surface area contributed by atoms with Crippen LogP contribution in [0.3, 0.4) is 0 Å². The SMILES string of the molecule is CCCCC[C@H](NC(=O)OCc1ccc(OC)cc1)[C@H](O)C(=O)N[C@H](C(=O)OCc1ccccc1)C(C)C. The Kier molecular flexibility index (Phi) is 13.1. The number of carbonyl (C=O) groups excluding carboxylic acids is 3. The summed E-state index contributed by atoms with van der Waals surface area (Å²) in [6, 6.07) is 14.4. The lowest BCUT2D eigenvalue weighted by Crippen LogP contribution is -2.55. The van der Waals surface area contributed by atoms with Gasteiger partial charge < -0.3 is 30.0 Å². The first-order valence-corrected chi connectivity index (χ1v) is 13.0. The lowest BCUT2D eigenvalue weighted by Gasteiger charge is -2.26. The Bertz CT molecular complexity index is 996. The number of alkyl carbamates (subject to hydrolysis) is 1. The minimum atomic E-state index is -1.58. The topological polar surface area (TPSA) is 123 Å². The molecule has 208 valence electrons. The standard InChI is InChI=1S/C29H40N2O7/c1-5-6-8-13-24(30-29(35)38-19-22-14-16-23(36-4)17-15-22)26(32)27(33)31-25(20(2)3)28(34)37-18-21-11-9-7-10-12-21/h7,9-12,14-17,20,24-26,32H,5-6,8,13,18-19H2,1-4H3,(H,30,35)(H,31,33)/t24-,25-,26-/m0/s1. The second-order valence-corrected chi connectivity index (χ2v) is 9.44. The van der Waals surface area contributed by atoms with E-state index in [2.05, 4.69) is 10.6 Å². The molecular formula is C29H40N2O7. The number of rotatable bonds is 15. The average molecular weight is 529 g/mol. The molecule has 2 rings (SSSR count). The van der Waals surface area contributed by atoms with Gasteiger partial charge in [0, 0.05) is 0 Å². The van der Waals surface area contributed by atoms with Crippen LogP contribution in [0.2, 0.25) is 0 Å². The van der Waals surface area contributed by atoms with E-state index >= 15 is 0 Å². The summed E-state index contributed by atoms with van der Waals surface area (Å²) in [7, 11) is 1.57. The number of methoxy groups -OCH3 is 1. The zero-order chi connectivity index (χ0) is 27.9. The third-order valence-corrected chi connectivity index (χ3v) is 6.04. The van der Waals surface area contributed by atoms with Crippen molar-refractivity contribution in [3.05, 3.63) is 65.7 Å². The van der Waals surface area contributed by atoms with Crippen molar-refractivity contribution in [2.75, 3.05) is 7.11 Å². The Labute approximate surface area is 224 Å². The molecule has 3 N–H and O–H groups in total. The van der Waals surface area contributed by atoms with Crippen LogP contribution >= 0.6 is 0 Å². The first kappa shape index (κ1) is 30.6. The molecule has 0 spiro atoms. The summed E-state index contributed by atoms with van der Waals surface area (Å²) in [6.45, 7) is 5.66. The number of amides is 2. The summed E-state index contributed by atoms with van der Waals surface area (Å²) in [5.41, 5.74) is 1.58. The summed E-state index contributed by atoms with van der Waals surface area (Å²) in [4.78, 5) is 38.2. The summed E-state index contributed by atoms with van der Waals surface area (Å²) >= 11 is 0. The molecule has 0 aromatic heterocycles. The quantitative estimate of drug-likeness (QED) is 0.235. The molecule has 0 aliphatic rings. The number of benzene rings is 2. The average Bonchev–Trinajstić information content (AvgIpc) is 2.93. The van der Waals surface area contributed by atoms with Crippen molar-refractivity contribution in [1.82, 2.24) is 10.6 Å². The van der Waals surface area contributed by atoms with Crippen LogP contribution in [0.4, 0.5) is 4.79 Å². The van der Waals surface area contributed by atoms with Crippen molar-refractivity contribution in [2.24, 2.45) is 5.92 Å². The number of aliphatic hydroxyl groups is 1. The lowest BCUT2D eigenvalue weighted by atomic mass is 10.0. The molecular weight excluding hydrogens is 488 g/mol. The molecule has 0 bridgehead atoms. The van der Waals surface area contributed by atoms with Crippen LogP contribution in [0.25, 0.3) is 0 Å². The predicted octanol–water partition coefficient (Wildman–Crippen LogP) is 4.12. The van der Waals surface area contributed by atoms with Gasteiger partial charge in [0.15, 0.2) is 6.10 Å². The monoisotopic (exact) mass is 528 g/mol. The van der Waals surface area contributed by atoms with Gasteiger partial charge >= 0.3 is 12.1 Å². The molecule has 0 saturated heterocycles. The van der Waals surface area contributed by atoms with Gasteiger partial charge in [-0.3, -0.25) is 4.79 Å². The number of carbonyl (C=O) groups is 3. The van der Waals surface area contributed by atoms with Crippen LogP contribution in [0.15, 0.2) is 54.6 Å². The van der Waals surface area contributed by atoms with E-state index in [1.165, 1.54) is 0 Å². The van der Waals surface area contributed by atoms with Crippen LogP contribution in [0.5, 0.6) is 5.75 Å². The molecule has 2 amide bonds. The van der Waals surface area contributed by atoms with Gasteiger partial charge in [0.05, 0.1) is 13.2 Å². The molecule has 9 nitrogen and oxygen atoms in total. The van der Waals surface area contributed by atoms with Crippen molar-refractivity contribution in [1.29, 1.82) is 0 Å². The van der Waals surface area contributed by atoms with Gasteiger partial charge in [-0.2, -0.15) is 0 Å². The van der Waals surface area contributed by atoms with Gasteiger partial charge in [-0.05, 0) is 35.6 Å². The lowest BCUT2D eigenvalue weighted by molar-refractivity contribution is -0.151. The summed E-state index contributed by atoms with van der Waals surface area (Å²) in [6.07, 6.45) is 0.524. The number of esters is 1. The Morgan fingerprint density at radius 3 is 2.11 bits per heavy atom. The third kappa shape index (κ3) is 10.4. The molecule has 0 fully saturated rings. The number of hydrogen-bond acceptors (Lipinski definition) is 7. The number of ether oxygens (including phenoxy) is 3. The van der Waals surface area contributed by atoms with Crippen LogP contribution in [0.1, 0.15) is 57.6 Å². The van der Waals surface area contributed by atoms with Crippen molar-refractivity contribution in [3.8, 4) is 5.75 Å². The highest BCUT2D eigenvalue weighted by Gasteiger charge is 2.33. The molecule has 0 unspecified atom stereocenters. The molecule has 3 atom stereocenters. The summed E-state index contributed by atoms with van der Waals surface area (Å²) in [5.74, 6) is -0.960. The highest BCUT2D eigenvalue weighted by atomic mass is 16.5. The first-order chi connectivity index (χ1) is 18.2. The van der Waals surface area contributed by atoms with Gasteiger partial charge in [0.2, 0.25) is 0 Å². The maximum Gasteiger partial charge on any atom is 0.407 e. The van der Waals surface area contributed by atoms with E-state index < -0.39 is 36.2 Å². The van der Waals surface area contributed by atoms with Gasteiger partial charge in [0.25, 0.3) is 5.91 Å². The van der Waals surface area contributed by atoms with Gasteiger partial charge in [-0.25, -0.2) is 9.59 Å². The second kappa shape index (κ2) is 16.3. The van der Waals surface area contributed by atoms with Crippen molar-refractivity contribution in [2.45, 2.75) is 77.9 Å². The van der Waals surface area contributed by atoms with Gasteiger partial charge in [0.1, 0.15) is 25.0 Å². The van der Waals surface area contributed by atoms with E-state index in [4.69, 9.17) is 14.2 Å². The molecule has 0 saturated carbocycles. The van der Waals surface area contributed by atoms with Crippen molar-refractivity contribution < 1.29 is 33.7 Å². The fraction of sp³-hybridized carbons (Fsp3) is 0.483. The largest absolute Gasteiger partial charge is 0.497 e. The fourth-order valence-electron chi connectivity index (χ4n) is 3.72. The van der Waals surface area contributed by atoms with Crippen molar-refractivity contribution in [3.63, 3.8) is 0 Å². The van der Waals surface area contributed by atoms with E-state index in [9.17, 15) is 19.5 Å². The summed E-state index contributed by atoms with van der Waals surface area (Å²) in [5, 5.41) is 16.1. The Hall–Kier alpha value is -3.59. The van der Waals surface area contributed by atoms with Crippen LogP contribution in [-0.2, 0) is 32.3 Å². The zero-order valence-electron chi connectivity index (χ0n) is 22.6. The molecule has 2 aromatic carbocycles. The van der Waals surface area contributed by atoms with Crippen LogP contribution < -0.4 is 15.4 Å². The van der Waals surface area contributed by atoms with Crippen molar-refractivity contribution >= 4 is 18.0 Å². The second-order valence-electron chi connectivity index (χ2n) is 9.44. The van der Waals surface area contributed by atoms with Crippen LogP contribution in [0, 0.1) is 5.92 Å². The molecule has 0 aliphatic heterocycles. The molecule has 38 heavy (non-hydrogen) atoms. The van der Waals surface area contributed by atoms with E-state index in [-0.39, 0.29) is 19.1 Å². The Morgan fingerprint density at radius 1 is 0.868 bits per heavy atom.